The Morgan fingerprint density at radius 2 is 1.78 bits per heavy atom. The topological polar surface area (TPSA) is 115 Å². The molecule has 36 heavy (non-hydrogen) atoms. The third-order valence-electron chi connectivity index (χ3n) is 6.50. The summed E-state index contributed by atoms with van der Waals surface area (Å²) in [7, 11) is 0. The number of anilines is 1. The SMILES string of the molecule is CCc1nc(NC2CCN(C(=O)O[C@H]3CCN(C(=O)OC(C)(C)C)C3)CC2)c2ncn(C(C)C)c2n1. The number of aromatic nitrogens is 4. The van der Waals surface area contributed by atoms with E-state index in [0.717, 1.165) is 42.1 Å². The first-order chi connectivity index (χ1) is 17.0. The Morgan fingerprint density at radius 1 is 1.08 bits per heavy atom. The molecule has 2 amide bonds. The highest BCUT2D eigenvalue weighted by atomic mass is 16.6. The first-order valence-corrected chi connectivity index (χ1v) is 13.0. The largest absolute Gasteiger partial charge is 0.444 e. The van der Waals surface area contributed by atoms with Crippen LogP contribution in [0.3, 0.4) is 0 Å². The molecule has 0 bridgehead atoms. The molecule has 2 aliphatic heterocycles. The van der Waals surface area contributed by atoms with Gasteiger partial charge in [-0.05, 0) is 47.5 Å². The van der Waals surface area contributed by atoms with Gasteiger partial charge >= 0.3 is 12.2 Å². The predicted molar refractivity (Wildman–Crippen MR) is 136 cm³/mol. The van der Waals surface area contributed by atoms with Gasteiger partial charge in [0, 0.05) is 44.6 Å². The number of carbonyl (C=O) groups excluding carboxylic acids is 2. The monoisotopic (exact) mass is 501 g/mol. The molecule has 11 heteroatoms. The zero-order valence-electron chi connectivity index (χ0n) is 22.3. The Morgan fingerprint density at radius 3 is 2.42 bits per heavy atom. The standard InChI is InChI=1S/C25H39N7O4/c1-7-19-28-21(20-22(29-19)32(15-26-20)16(2)3)27-17-8-11-30(12-9-17)23(33)35-18-10-13-31(14-18)24(34)36-25(4,5)6/h15-18H,7-14H2,1-6H3,(H,27,28,29)/t18-/m0/s1. The van der Waals surface area contributed by atoms with Gasteiger partial charge in [0.2, 0.25) is 0 Å². The molecule has 0 unspecified atom stereocenters. The van der Waals surface area contributed by atoms with Crippen molar-refractivity contribution in [2.75, 3.05) is 31.5 Å². The fraction of sp³-hybridized carbons (Fsp3) is 0.720. The third kappa shape index (κ3) is 5.99. The number of rotatable bonds is 5. The molecule has 4 heterocycles. The Kier molecular flexibility index (Phi) is 7.56. The van der Waals surface area contributed by atoms with E-state index in [4.69, 9.17) is 19.4 Å². The van der Waals surface area contributed by atoms with Crippen molar-refractivity contribution in [1.82, 2.24) is 29.3 Å². The number of nitrogens with one attached hydrogen (secondary N) is 1. The fourth-order valence-corrected chi connectivity index (χ4v) is 4.53. The average Bonchev–Trinajstić information content (AvgIpc) is 3.45. The predicted octanol–water partition coefficient (Wildman–Crippen LogP) is 3.99. The van der Waals surface area contributed by atoms with E-state index in [-0.39, 0.29) is 30.4 Å². The molecule has 2 aliphatic rings. The molecule has 0 radical (unpaired) electrons. The van der Waals surface area contributed by atoms with E-state index in [9.17, 15) is 9.59 Å². The number of hydrogen-bond donors (Lipinski definition) is 1. The number of fused-ring (bicyclic) bond motifs is 1. The van der Waals surface area contributed by atoms with Crippen molar-refractivity contribution in [2.24, 2.45) is 0 Å². The van der Waals surface area contributed by atoms with E-state index in [1.807, 2.05) is 34.0 Å². The van der Waals surface area contributed by atoms with Gasteiger partial charge in [-0.15, -0.1) is 0 Å². The van der Waals surface area contributed by atoms with Crippen LogP contribution in [0.25, 0.3) is 11.2 Å². The number of imidazole rings is 1. The molecule has 1 atom stereocenters. The molecular weight excluding hydrogens is 462 g/mol. The summed E-state index contributed by atoms with van der Waals surface area (Å²) in [5.74, 6) is 1.54. The van der Waals surface area contributed by atoms with Crippen molar-refractivity contribution in [3.63, 3.8) is 0 Å². The van der Waals surface area contributed by atoms with Crippen LogP contribution < -0.4 is 5.32 Å². The van der Waals surface area contributed by atoms with Gasteiger partial charge in [-0.3, -0.25) is 0 Å². The van der Waals surface area contributed by atoms with Gasteiger partial charge in [-0.2, -0.15) is 0 Å². The Hall–Kier alpha value is -3.11. The second kappa shape index (κ2) is 10.5. The summed E-state index contributed by atoms with van der Waals surface area (Å²) in [4.78, 5) is 42.4. The van der Waals surface area contributed by atoms with Crippen molar-refractivity contribution in [2.45, 2.75) is 91.0 Å². The normalized spacial score (nSPS) is 19.2. The lowest BCUT2D eigenvalue weighted by Gasteiger charge is -2.32. The quantitative estimate of drug-likeness (QED) is 0.654. The van der Waals surface area contributed by atoms with E-state index >= 15 is 0 Å². The van der Waals surface area contributed by atoms with Crippen LogP contribution in [0.5, 0.6) is 0 Å². The maximum absolute atomic E-state index is 12.8. The molecule has 2 aromatic rings. The van der Waals surface area contributed by atoms with E-state index in [1.54, 1.807) is 9.80 Å². The Balaban J connectivity index is 1.30. The zero-order valence-corrected chi connectivity index (χ0v) is 22.3. The van der Waals surface area contributed by atoms with E-state index < -0.39 is 5.60 Å². The summed E-state index contributed by atoms with van der Waals surface area (Å²) in [5, 5.41) is 3.56. The van der Waals surface area contributed by atoms with Crippen molar-refractivity contribution in [3.8, 4) is 0 Å². The lowest BCUT2D eigenvalue weighted by atomic mass is 10.1. The van der Waals surface area contributed by atoms with E-state index in [0.29, 0.717) is 32.6 Å². The number of piperidine rings is 1. The highest BCUT2D eigenvalue weighted by molar-refractivity contribution is 5.83. The van der Waals surface area contributed by atoms with Gasteiger partial charge < -0.3 is 29.2 Å². The second-order valence-corrected chi connectivity index (χ2v) is 10.9. The minimum absolute atomic E-state index is 0.176. The molecule has 4 rings (SSSR count). The molecule has 0 aromatic carbocycles. The summed E-state index contributed by atoms with van der Waals surface area (Å²) >= 11 is 0. The van der Waals surface area contributed by atoms with Crippen LogP contribution in [0.2, 0.25) is 0 Å². The molecule has 2 saturated heterocycles. The Labute approximate surface area is 212 Å². The minimum Gasteiger partial charge on any atom is -0.444 e. The van der Waals surface area contributed by atoms with Crippen LogP contribution in [0.4, 0.5) is 15.4 Å². The van der Waals surface area contributed by atoms with Crippen LogP contribution in [-0.2, 0) is 15.9 Å². The molecule has 0 saturated carbocycles. The van der Waals surface area contributed by atoms with Crippen LogP contribution in [0.15, 0.2) is 6.33 Å². The van der Waals surface area contributed by atoms with Crippen molar-refractivity contribution >= 4 is 29.2 Å². The van der Waals surface area contributed by atoms with Crippen molar-refractivity contribution < 1.29 is 19.1 Å². The molecule has 0 aliphatic carbocycles. The average molecular weight is 502 g/mol. The molecule has 198 valence electrons. The molecule has 1 N–H and O–H groups in total. The highest BCUT2D eigenvalue weighted by Gasteiger charge is 2.33. The number of ether oxygens (including phenoxy) is 2. The second-order valence-electron chi connectivity index (χ2n) is 10.9. The minimum atomic E-state index is -0.547. The highest BCUT2D eigenvalue weighted by Crippen LogP contribution is 2.25. The summed E-state index contributed by atoms with van der Waals surface area (Å²) in [5.41, 5.74) is 1.07. The van der Waals surface area contributed by atoms with Crippen molar-refractivity contribution in [1.29, 1.82) is 0 Å². The summed E-state index contributed by atoms with van der Waals surface area (Å²) < 4.78 is 13.2. The molecule has 2 aromatic heterocycles. The molecule has 0 spiro atoms. The lowest BCUT2D eigenvalue weighted by molar-refractivity contribution is 0.0235. The lowest BCUT2D eigenvalue weighted by Crippen LogP contribution is -2.44. The first kappa shape index (κ1) is 26.0. The smallest absolute Gasteiger partial charge is 0.410 e. The summed E-state index contributed by atoms with van der Waals surface area (Å²) in [6.45, 7) is 13.9. The summed E-state index contributed by atoms with van der Waals surface area (Å²) in [6, 6.07) is 0.433. The van der Waals surface area contributed by atoms with Gasteiger partial charge in [0.05, 0.1) is 12.9 Å². The van der Waals surface area contributed by atoms with E-state index in [1.165, 1.54) is 0 Å². The Bertz CT molecular complexity index is 1090. The van der Waals surface area contributed by atoms with Crippen LogP contribution in [0, 0.1) is 0 Å². The molecule has 11 nitrogen and oxygen atoms in total. The number of aryl methyl sites for hydroxylation is 1. The van der Waals surface area contributed by atoms with Crippen LogP contribution in [-0.4, -0.2) is 85.4 Å². The van der Waals surface area contributed by atoms with E-state index in [2.05, 4.69) is 28.7 Å². The van der Waals surface area contributed by atoms with Gasteiger partial charge in [0.1, 0.15) is 23.0 Å². The fourth-order valence-electron chi connectivity index (χ4n) is 4.53. The van der Waals surface area contributed by atoms with Gasteiger partial charge in [-0.1, -0.05) is 6.92 Å². The number of likely N-dealkylation sites (tertiary alicyclic amines) is 2. The number of nitrogens with zero attached hydrogens (tertiary/aromatic N) is 6. The van der Waals surface area contributed by atoms with Crippen LogP contribution in [0.1, 0.15) is 72.7 Å². The van der Waals surface area contributed by atoms with Crippen molar-refractivity contribution in [3.05, 3.63) is 12.2 Å². The molecular formula is C25H39N7O4. The maximum atomic E-state index is 12.8. The van der Waals surface area contributed by atoms with Gasteiger partial charge in [-0.25, -0.2) is 24.5 Å². The van der Waals surface area contributed by atoms with Gasteiger partial charge in [0.15, 0.2) is 11.5 Å². The van der Waals surface area contributed by atoms with Gasteiger partial charge in [0.25, 0.3) is 0 Å². The molecule has 2 fully saturated rings. The number of amides is 2. The zero-order chi connectivity index (χ0) is 26.0. The third-order valence-corrected chi connectivity index (χ3v) is 6.50. The van der Waals surface area contributed by atoms with Crippen LogP contribution >= 0.6 is 0 Å². The first-order valence-electron chi connectivity index (χ1n) is 13.0. The maximum Gasteiger partial charge on any atom is 0.410 e. The summed E-state index contributed by atoms with van der Waals surface area (Å²) in [6.07, 6.45) is 3.75. The number of carbonyl (C=O) groups is 2. The number of hydrogen-bond acceptors (Lipinski definition) is 8.